The molecule has 1 aliphatic heterocycles. The van der Waals surface area contributed by atoms with E-state index in [0.717, 1.165) is 37.5 Å². The molecule has 1 aliphatic rings. The summed E-state index contributed by atoms with van der Waals surface area (Å²) in [4.78, 5) is 0. The van der Waals surface area contributed by atoms with Crippen LogP contribution in [0.5, 0.6) is 0 Å². The maximum Gasteiger partial charge on any atom is 0.134 e. The van der Waals surface area contributed by atoms with Gasteiger partial charge in [0.15, 0.2) is 0 Å². The van der Waals surface area contributed by atoms with Crippen LogP contribution in [0.3, 0.4) is 0 Å². The predicted molar refractivity (Wildman–Crippen MR) is 50.7 cm³/mol. The van der Waals surface area contributed by atoms with E-state index in [1.54, 1.807) is 0 Å². The number of fused-ring (bicyclic) bond motifs is 1. The fraction of sp³-hybridized carbons (Fsp3) is 0.750. The Hall–Kier alpha value is -0.610. The van der Waals surface area contributed by atoms with Crippen LogP contribution < -0.4 is 5.73 Å². The molecule has 4 nitrogen and oxygen atoms in total. The molecule has 2 N–H and O–H groups in total. The van der Waals surface area contributed by atoms with Gasteiger partial charge in [-0.1, -0.05) is 0 Å². The van der Waals surface area contributed by atoms with Crippen molar-refractivity contribution in [3.05, 3.63) is 11.6 Å². The van der Waals surface area contributed by atoms with Gasteiger partial charge < -0.3 is 10.3 Å². The minimum Gasteiger partial charge on any atom is -0.330 e. The molecule has 0 aromatic carbocycles. The van der Waals surface area contributed by atoms with Crippen LogP contribution in [0.2, 0.25) is 0 Å². The summed E-state index contributed by atoms with van der Waals surface area (Å²) in [5.41, 5.74) is 5.47. The summed E-state index contributed by atoms with van der Waals surface area (Å²) in [7, 11) is 0. The first kappa shape index (κ1) is 8.97. The SMILES string of the molecule is NCCc1nnc2n1CC(Cl)CC2. The normalized spacial score (nSPS) is 21.5. The van der Waals surface area contributed by atoms with Crippen molar-refractivity contribution in [1.29, 1.82) is 0 Å². The number of hydrogen-bond acceptors (Lipinski definition) is 3. The van der Waals surface area contributed by atoms with Gasteiger partial charge in [0.25, 0.3) is 0 Å². The van der Waals surface area contributed by atoms with Crippen LogP contribution in [0.15, 0.2) is 0 Å². The molecule has 0 aliphatic carbocycles. The molecule has 0 saturated heterocycles. The summed E-state index contributed by atoms with van der Waals surface area (Å²) >= 11 is 6.07. The number of alkyl halides is 1. The molecule has 1 aromatic heterocycles. The average molecular weight is 201 g/mol. The molecular weight excluding hydrogens is 188 g/mol. The Kier molecular flexibility index (Phi) is 2.51. The van der Waals surface area contributed by atoms with E-state index in [0.29, 0.717) is 6.54 Å². The van der Waals surface area contributed by atoms with E-state index in [1.807, 2.05) is 0 Å². The van der Waals surface area contributed by atoms with E-state index in [9.17, 15) is 0 Å². The quantitative estimate of drug-likeness (QED) is 0.701. The number of rotatable bonds is 2. The predicted octanol–water partition coefficient (Wildman–Crippen LogP) is 0.333. The molecule has 0 bridgehead atoms. The second-order valence-electron chi connectivity index (χ2n) is 3.32. The smallest absolute Gasteiger partial charge is 0.134 e. The zero-order chi connectivity index (χ0) is 9.26. The van der Waals surface area contributed by atoms with Crippen LogP contribution in [0, 0.1) is 0 Å². The Bertz CT molecular complexity index is 296. The van der Waals surface area contributed by atoms with Crippen molar-refractivity contribution in [2.75, 3.05) is 6.54 Å². The van der Waals surface area contributed by atoms with E-state index < -0.39 is 0 Å². The van der Waals surface area contributed by atoms with E-state index >= 15 is 0 Å². The summed E-state index contributed by atoms with van der Waals surface area (Å²) in [5, 5.41) is 8.43. The van der Waals surface area contributed by atoms with Crippen LogP contribution in [0.25, 0.3) is 0 Å². The van der Waals surface area contributed by atoms with Crippen molar-refractivity contribution >= 4 is 11.6 Å². The molecular formula is C8H13ClN4. The average Bonchev–Trinajstić information content (AvgIpc) is 2.49. The number of halogens is 1. The third kappa shape index (κ3) is 1.69. The standard InChI is InChI=1S/C8H13ClN4/c9-6-1-2-7-11-12-8(3-4-10)13(7)5-6/h6H,1-5,10H2. The first-order valence-corrected chi connectivity index (χ1v) is 5.00. The third-order valence-electron chi connectivity index (χ3n) is 2.33. The van der Waals surface area contributed by atoms with Crippen molar-refractivity contribution < 1.29 is 0 Å². The summed E-state index contributed by atoms with van der Waals surface area (Å²) in [6.45, 7) is 1.45. The van der Waals surface area contributed by atoms with E-state index in [1.165, 1.54) is 0 Å². The van der Waals surface area contributed by atoms with Gasteiger partial charge in [0.1, 0.15) is 11.6 Å². The number of nitrogens with two attached hydrogens (primary N) is 1. The van der Waals surface area contributed by atoms with Gasteiger partial charge in [0.05, 0.1) is 5.38 Å². The Labute approximate surface area is 82.1 Å². The summed E-state index contributed by atoms with van der Waals surface area (Å²) in [6.07, 6.45) is 2.73. The topological polar surface area (TPSA) is 56.7 Å². The van der Waals surface area contributed by atoms with Gasteiger partial charge >= 0.3 is 0 Å². The van der Waals surface area contributed by atoms with Crippen LogP contribution in [-0.2, 0) is 19.4 Å². The third-order valence-corrected chi connectivity index (χ3v) is 2.69. The minimum absolute atomic E-state index is 0.222. The Morgan fingerprint density at radius 3 is 3.15 bits per heavy atom. The van der Waals surface area contributed by atoms with E-state index in [2.05, 4.69) is 14.8 Å². The van der Waals surface area contributed by atoms with Crippen LogP contribution in [0.4, 0.5) is 0 Å². The lowest BCUT2D eigenvalue weighted by Crippen LogP contribution is -2.23. The summed E-state index contributed by atoms with van der Waals surface area (Å²) < 4.78 is 2.11. The lowest BCUT2D eigenvalue weighted by molar-refractivity contribution is 0.514. The number of aromatic nitrogens is 3. The minimum atomic E-state index is 0.222. The highest BCUT2D eigenvalue weighted by Gasteiger charge is 2.20. The summed E-state index contributed by atoms with van der Waals surface area (Å²) in [5.74, 6) is 2.03. The molecule has 1 atom stereocenters. The molecule has 1 unspecified atom stereocenters. The second kappa shape index (κ2) is 3.64. The van der Waals surface area contributed by atoms with Gasteiger partial charge in [-0.15, -0.1) is 21.8 Å². The molecule has 0 amide bonds. The fourth-order valence-electron chi connectivity index (χ4n) is 1.66. The zero-order valence-corrected chi connectivity index (χ0v) is 8.17. The number of hydrogen-bond donors (Lipinski definition) is 1. The summed E-state index contributed by atoms with van der Waals surface area (Å²) in [6, 6.07) is 0. The molecule has 5 heteroatoms. The fourth-order valence-corrected chi connectivity index (χ4v) is 1.90. The van der Waals surface area contributed by atoms with Crippen LogP contribution >= 0.6 is 11.6 Å². The van der Waals surface area contributed by atoms with Gasteiger partial charge in [0.2, 0.25) is 0 Å². The monoisotopic (exact) mass is 200 g/mol. The van der Waals surface area contributed by atoms with Crippen molar-refractivity contribution in [2.24, 2.45) is 5.73 Å². The van der Waals surface area contributed by atoms with Gasteiger partial charge in [-0.3, -0.25) is 0 Å². The van der Waals surface area contributed by atoms with Crippen molar-refractivity contribution in [3.63, 3.8) is 0 Å². The Balaban J connectivity index is 2.25. The Morgan fingerprint density at radius 2 is 2.38 bits per heavy atom. The maximum atomic E-state index is 6.07. The highest BCUT2D eigenvalue weighted by molar-refractivity contribution is 6.20. The van der Waals surface area contributed by atoms with Crippen molar-refractivity contribution in [2.45, 2.75) is 31.2 Å². The van der Waals surface area contributed by atoms with E-state index in [-0.39, 0.29) is 5.38 Å². The number of nitrogens with zero attached hydrogens (tertiary/aromatic N) is 3. The van der Waals surface area contributed by atoms with Crippen LogP contribution in [0.1, 0.15) is 18.1 Å². The highest BCUT2D eigenvalue weighted by Crippen LogP contribution is 2.18. The van der Waals surface area contributed by atoms with E-state index in [4.69, 9.17) is 17.3 Å². The molecule has 0 spiro atoms. The number of aryl methyl sites for hydroxylation is 1. The molecule has 0 saturated carbocycles. The van der Waals surface area contributed by atoms with Gasteiger partial charge in [0, 0.05) is 19.4 Å². The molecule has 2 heterocycles. The lowest BCUT2D eigenvalue weighted by Gasteiger charge is -2.19. The van der Waals surface area contributed by atoms with Gasteiger partial charge in [-0.25, -0.2) is 0 Å². The molecule has 0 fully saturated rings. The highest BCUT2D eigenvalue weighted by atomic mass is 35.5. The maximum absolute atomic E-state index is 6.07. The zero-order valence-electron chi connectivity index (χ0n) is 7.41. The lowest BCUT2D eigenvalue weighted by atomic mass is 10.1. The molecule has 72 valence electrons. The molecule has 0 radical (unpaired) electrons. The van der Waals surface area contributed by atoms with Crippen molar-refractivity contribution in [1.82, 2.24) is 14.8 Å². The Morgan fingerprint density at radius 1 is 1.54 bits per heavy atom. The largest absolute Gasteiger partial charge is 0.330 e. The molecule has 13 heavy (non-hydrogen) atoms. The van der Waals surface area contributed by atoms with Gasteiger partial charge in [-0.05, 0) is 13.0 Å². The second-order valence-corrected chi connectivity index (χ2v) is 3.93. The first-order chi connectivity index (χ1) is 6.31. The van der Waals surface area contributed by atoms with Crippen molar-refractivity contribution in [3.8, 4) is 0 Å². The van der Waals surface area contributed by atoms with Crippen LogP contribution in [-0.4, -0.2) is 26.7 Å². The molecule has 2 rings (SSSR count). The first-order valence-electron chi connectivity index (χ1n) is 4.56. The molecule has 1 aromatic rings. The van der Waals surface area contributed by atoms with Gasteiger partial charge in [-0.2, -0.15) is 0 Å².